The fourth-order valence-corrected chi connectivity index (χ4v) is 4.45. The van der Waals surface area contributed by atoms with E-state index in [0.29, 0.717) is 13.2 Å². The number of sulfonamides is 1. The summed E-state index contributed by atoms with van der Waals surface area (Å²) in [4.78, 5) is 23.8. The maximum atomic E-state index is 12.9. The number of nitrogens with two attached hydrogens (primary N) is 1. The Morgan fingerprint density at radius 2 is 1.91 bits per heavy atom. The first-order valence-corrected chi connectivity index (χ1v) is 10.8. The summed E-state index contributed by atoms with van der Waals surface area (Å²) in [7, 11) is -3.80. The van der Waals surface area contributed by atoms with E-state index >= 15 is 0 Å². The molecule has 0 aliphatic carbocycles. The fraction of sp³-hybridized carbons (Fsp3) is 0.200. The van der Waals surface area contributed by atoms with Crippen molar-refractivity contribution in [2.75, 3.05) is 31.6 Å². The molecular weight excluding hydrogens is 438 g/mol. The monoisotopic (exact) mass is 457 g/mol. The highest BCUT2D eigenvalue weighted by molar-refractivity contribution is 7.89. The molecule has 4 N–H and O–H groups in total. The van der Waals surface area contributed by atoms with Crippen LogP contribution in [-0.4, -0.2) is 56.9 Å². The summed E-state index contributed by atoms with van der Waals surface area (Å²) in [5.74, 6) is -1.32. The Hall–Kier alpha value is -3.79. The van der Waals surface area contributed by atoms with Crippen LogP contribution >= 0.6 is 0 Å². The molecule has 1 saturated heterocycles. The highest BCUT2D eigenvalue weighted by Gasteiger charge is 2.27. The average Bonchev–Trinajstić information content (AvgIpc) is 2.79. The summed E-state index contributed by atoms with van der Waals surface area (Å²) < 4.78 is 36.7. The molecule has 0 saturated carbocycles. The molecule has 1 fully saturated rings. The molecule has 32 heavy (non-hydrogen) atoms. The zero-order valence-corrected chi connectivity index (χ0v) is 17.5. The third-order valence-electron chi connectivity index (χ3n) is 4.55. The number of hydrogen-bond donors (Lipinski definition) is 3. The lowest BCUT2D eigenvalue weighted by Gasteiger charge is -2.26. The molecule has 0 radical (unpaired) electrons. The van der Waals surface area contributed by atoms with Crippen molar-refractivity contribution in [2.24, 2.45) is 5.73 Å². The number of amides is 2. The molecule has 0 unspecified atom stereocenters. The van der Waals surface area contributed by atoms with Crippen molar-refractivity contribution in [3.8, 4) is 6.07 Å². The van der Waals surface area contributed by atoms with Crippen LogP contribution in [-0.2, 0) is 19.5 Å². The van der Waals surface area contributed by atoms with Gasteiger partial charge in [0.2, 0.25) is 15.9 Å². The molecule has 166 valence electrons. The Morgan fingerprint density at radius 1 is 1.19 bits per heavy atom. The zero-order chi connectivity index (χ0) is 23.3. The van der Waals surface area contributed by atoms with Gasteiger partial charge in [-0.15, -0.1) is 0 Å². The SMILES string of the molecule is N#Cc1ccc(NC(=O)c2cccc(S(=O)(=O)N3CCOCC3)c2)c(C(=N)OC(N)=O)c1. The summed E-state index contributed by atoms with van der Waals surface area (Å²) in [5.41, 5.74) is 5.18. The Morgan fingerprint density at radius 3 is 2.56 bits per heavy atom. The molecule has 12 heteroatoms. The van der Waals surface area contributed by atoms with E-state index in [9.17, 15) is 18.0 Å². The summed E-state index contributed by atoms with van der Waals surface area (Å²) >= 11 is 0. The minimum Gasteiger partial charge on any atom is -0.391 e. The van der Waals surface area contributed by atoms with E-state index in [1.54, 1.807) is 0 Å². The predicted molar refractivity (Wildman–Crippen MR) is 113 cm³/mol. The van der Waals surface area contributed by atoms with Crippen LogP contribution in [0.25, 0.3) is 0 Å². The second-order valence-corrected chi connectivity index (χ2v) is 8.56. The van der Waals surface area contributed by atoms with Crippen molar-refractivity contribution < 1.29 is 27.5 Å². The van der Waals surface area contributed by atoms with Gasteiger partial charge in [0.15, 0.2) is 0 Å². The van der Waals surface area contributed by atoms with Gasteiger partial charge < -0.3 is 20.5 Å². The Bertz CT molecular complexity index is 1220. The Balaban J connectivity index is 1.88. The van der Waals surface area contributed by atoms with Crippen LogP contribution in [0.1, 0.15) is 21.5 Å². The van der Waals surface area contributed by atoms with Gasteiger partial charge in [0, 0.05) is 18.7 Å². The molecule has 1 aliphatic rings. The van der Waals surface area contributed by atoms with E-state index in [4.69, 9.17) is 21.1 Å². The molecule has 0 atom stereocenters. The van der Waals surface area contributed by atoms with Gasteiger partial charge >= 0.3 is 6.09 Å². The average molecular weight is 457 g/mol. The molecule has 2 amide bonds. The standard InChI is InChI=1S/C20H19N5O6S/c21-12-13-4-5-17(16(10-13)18(22)31-20(23)27)24-19(26)14-2-1-3-15(11-14)32(28,29)25-6-8-30-9-7-25/h1-5,10-11,22H,6-9H2,(H2,23,27)(H,24,26). The third-order valence-corrected chi connectivity index (χ3v) is 6.44. The van der Waals surface area contributed by atoms with Gasteiger partial charge in [-0.2, -0.15) is 9.57 Å². The minimum absolute atomic E-state index is 0.0445. The quantitative estimate of drug-likeness (QED) is 0.447. The number of nitrogens with zero attached hydrogens (tertiary/aromatic N) is 2. The number of benzene rings is 2. The lowest BCUT2D eigenvalue weighted by molar-refractivity contribution is 0.0730. The number of anilines is 1. The van der Waals surface area contributed by atoms with Crippen LogP contribution in [0, 0.1) is 16.7 Å². The number of rotatable bonds is 5. The Labute approximate surface area is 183 Å². The summed E-state index contributed by atoms with van der Waals surface area (Å²) in [5, 5.41) is 19.5. The zero-order valence-electron chi connectivity index (χ0n) is 16.7. The van der Waals surface area contributed by atoms with E-state index in [-0.39, 0.29) is 40.4 Å². The van der Waals surface area contributed by atoms with Crippen molar-refractivity contribution in [3.63, 3.8) is 0 Å². The van der Waals surface area contributed by atoms with E-state index in [2.05, 4.69) is 10.1 Å². The van der Waals surface area contributed by atoms with Crippen LogP contribution in [0.2, 0.25) is 0 Å². The number of ether oxygens (including phenoxy) is 2. The first-order valence-electron chi connectivity index (χ1n) is 9.32. The molecule has 0 spiro atoms. The van der Waals surface area contributed by atoms with E-state index in [1.807, 2.05) is 6.07 Å². The first-order chi connectivity index (χ1) is 15.2. The predicted octanol–water partition coefficient (Wildman–Crippen LogP) is 1.25. The summed E-state index contributed by atoms with van der Waals surface area (Å²) in [6.07, 6.45) is -1.23. The molecule has 0 aromatic heterocycles. The highest BCUT2D eigenvalue weighted by atomic mass is 32.2. The summed E-state index contributed by atoms with van der Waals surface area (Å²) in [6, 6.07) is 11.4. The topological polar surface area (TPSA) is 176 Å². The van der Waals surface area contributed by atoms with Crippen LogP contribution < -0.4 is 11.1 Å². The molecule has 2 aromatic rings. The van der Waals surface area contributed by atoms with Gasteiger partial charge in [-0.25, -0.2) is 13.2 Å². The normalized spacial score (nSPS) is 14.2. The fourth-order valence-electron chi connectivity index (χ4n) is 2.99. The van der Waals surface area contributed by atoms with Gasteiger partial charge in [-0.1, -0.05) is 6.07 Å². The van der Waals surface area contributed by atoms with E-state index < -0.39 is 27.9 Å². The van der Waals surface area contributed by atoms with E-state index in [1.165, 1.54) is 46.8 Å². The van der Waals surface area contributed by atoms with Gasteiger partial charge in [0.25, 0.3) is 5.91 Å². The highest BCUT2D eigenvalue weighted by Crippen LogP contribution is 2.22. The van der Waals surface area contributed by atoms with Crippen LogP contribution in [0.3, 0.4) is 0 Å². The van der Waals surface area contributed by atoms with Gasteiger partial charge in [-0.05, 0) is 36.4 Å². The van der Waals surface area contributed by atoms with Crippen LogP contribution in [0.15, 0.2) is 47.4 Å². The Kier molecular flexibility index (Phi) is 6.84. The van der Waals surface area contributed by atoms with Gasteiger partial charge in [0.05, 0.1) is 41.0 Å². The molecule has 3 rings (SSSR count). The number of hydrogen-bond acceptors (Lipinski definition) is 8. The number of primary amides is 1. The minimum atomic E-state index is -3.80. The maximum absolute atomic E-state index is 12.9. The number of morpholine rings is 1. The third kappa shape index (κ3) is 5.09. The van der Waals surface area contributed by atoms with Crippen LogP contribution in [0.5, 0.6) is 0 Å². The first kappa shape index (κ1) is 22.9. The second kappa shape index (κ2) is 9.56. The van der Waals surface area contributed by atoms with Gasteiger partial charge in [0.1, 0.15) is 0 Å². The van der Waals surface area contributed by atoms with Crippen LogP contribution in [0.4, 0.5) is 10.5 Å². The van der Waals surface area contributed by atoms with Gasteiger partial charge in [-0.3, -0.25) is 10.2 Å². The van der Waals surface area contributed by atoms with Crippen molar-refractivity contribution in [1.82, 2.24) is 4.31 Å². The molecule has 2 aromatic carbocycles. The number of nitriles is 1. The molecule has 0 bridgehead atoms. The number of carbonyl (C=O) groups is 2. The molecular formula is C20H19N5O6S. The molecule has 1 heterocycles. The largest absolute Gasteiger partial charge is 0.411 e. The molecule has 11 nitrogen and oxygen atoms in total. The van der Waals surface area contributed by atoms with Crippen molar-refractivity contribution >= 4 is 33.6 Å². The number of nitrogens with one attached hydrogen (secondary N) is 2. The summed E-state index contributed by atoms with van der Waals surface area (Å²) in [6.45, 7) is 1.02. The molecule has 1 aliphatic heterocycles. The second-order valence-electron chi connectivity index (χ2n) is 6.62. The van der Waals surface area contributed by atoms with Crippen molar-refractivity contribution in [2.45, 2.75) is 4.90 Å². The van der Waals surface area contributed by atoms with E-state index in [0.717, 1.165) is 0 Å². The van der Waals surface area contributed by atoms with Crippen molar-refractivity contribution in [1.29, 1.82) is 10.7 Å². The number of carbonyl (C=O) groups excluding carboxylic acids is 2. The van der Waals surface area contributed by atoms with Crippen molar-refractivity contribution in [3.05, 3.63) is 59.2 Å². The smallest absolute Gasteiger partial charge is 0.391 e. The lowest BCUT2D eigenvalue weighted by Crippen LogP contribution is -2.40. The lowest BCUT2D eigenvalue weighted by atomic mass is 10.1. The maximum Gasteiger partial charge on any atom is 0.411 e.